The average Bonchev–Trinajstić information content (AvgIpc) is 2.50. The predicted molar refractivity (Wildman–Crippen MR) is 108 cm³/mol. The lowest BCUT2D eigenvalue weighted by Crippen LogP contribution is -3.00. The summed E-state index contributed by atoms with van der Waals surface area (Å²) in [5.74, 6) is 7.00. The van der Waals surface area contributed by atoms with Crippen molar-refractivity contribution in [3.63, 3.8) is 0 Å². The third kappa shape index (κ3) is 11.9. The van der Waals surface area contributed by atoms with Gasteiger partial charge in [0, 0.05) is 14.5 Å². The van der Waals surface area contributed by atoms with Crippen LogP contribution in [-0.2, 0) is 0 Å². The topological polar surface area (TPSA) is 0 Å². The lowest BCUT2D eigenvalue weighted by Gasteiger charge is -2.40. The molecule has 0 radical (unpaired) electrons. The number of hydrogen-bond acceptors (Lipinski definition) is 0. The van der Waals surface area contributed by atoms with E-state index in [0.717, 1.165) is 13.0 Å². The minimum Gasteiger partial charge on any atom is -1.00 e. The fraction of sp³-hybridized carbons (Fsp3) is 0.905. The second-order valence-corrected chi connectivity index (χ2v) is 14.5. The zero-order chi connectivity index (χ0) is 17.0. The van der Waals surface area contributed by atoms with E-state index < -0.39 is 8.07 Å². The van der Waals surface area contributed by atoms with Gasteiger partial charge >= 0.3 is 0 Å². The Hall–Kier alpha value is 0.467. The highest BCUT2D eigenvalue weighted by Gasteiger charge is 2.28. The first-order chi connectivity index (χ1) is 11.0. The summed E-state index contributed by atoms with van der Waals surface area (Å²) in [4.78, 5) is 0. The molecular formula is C21H42INSi. The molecule has 0 atom stereocenters. The molecule has 3 heteroatoms. The summed E-state index contributed by atoms with van der Waals surface area (Å²) < 4.78 is 1.31. The lowest BCUT2D eigenvalue weighted by molar-refractivity contribution is -0.926. The van der Waals surface area contributed by atoms with Gasteiger partial charge in [0.2, 0.25) is 0 Å². The van der Waals surface area contributed by atoms with Crippen LogP contribution in [0.25, 0.3) is 0 Å². The number of halogens is 1. The van der Waals surface area contributed by atoms with Crippen LogP contribution in [0.2, 0.25) is 25.7 Å². The van der Waals surface area contributed by atoms with E-state index >= 15 is 0 Å². The highest BCUT2D eigenvalue weighted by atomic mass is 127. The second kappa shape index (κ2) is 13.6. The molecule has 1 rings (SSSR count). The molecule has 0 aromatic carbocycles. The Kier molecular flexibility index (Phi) is 13.9. The summed E-state index contributed by atoms with van der Waals surface area (Å²) in [5.41, 5.74) is 0. The number of hydrogen-bond donors (Lipinski definition) is 0. The van der Waals surface area contributed by atoms with E-state index in [1.165, 1.54) is 87.9 Å². The van der Waals surface area contributed by atoms with Gasteiger partial charge in [-0.15, -0.1) is 0 Å². The Morgan fingerprint density at radius 2 is 1.54 bits per heavy atom. The summed E-state index contributed by atoms with van der Waals surface area (Å²) in [6.45, 7) is 15.0. The normalized spacial score (nSPS) is 16.8. The van der Waals surface area contributed by atoms with E-state index in [1.807, 2.05) is 0 Å². The minimum absolute atomic E-state index is 0. The first kappa shape index (κ1) is 24.5. The second-order valence-electron chi connectivity index (χ2n) is 8.91. The molecule has 0 spiro atoms. The van der Waals surface area contributed by atoms with E-state index in [2.05, 4.69) is 38.4 Å². The maximum absolute atomic E-state index is 3.55. The molecule has 1 saturated heterocycles. The summed E-state index contributed by atoms with van der Waals surface area (Å²) in [6.07, 6.45) is 13.7. The fourth-order valence-corrected chi connectivity index (χ4v) is 5.01. The van der Waals surface area contributed by atoms with Gasteiger partial charge in [-0.3, -0.25) is 0 Å². The largest absolute Gasteiger partial charge is 1.00 e. The van der Waals surface area contributed by atoms with Gasteiger partial charge in [0.1, 0.15) is 6.54 Å². The van der Waals surface area contributed by atoms with Crippen LogP contribution < -0.4 is 24.0 Å². The molecule has 0 bridgehead atoms. The number of quaternary nitrogens is 1. The van der Waals surface area contributed by atoms with Crippen LogP contribution >= 0.6 is 0 Å². The van der Waals surface area contributed by atoms with Crippen molar-refractivity contribution >= 4 is 8.07 Å². The molecule has 0 aliphatic carbocycles. The third-order valence-corrected chi connectivity index (χ3v) is 7.12. The predicted octanol–water partition coefficient (Wildman–Crippen LogP) is 3.08. The smallest absolute Gasteiger partial charge is 0.140 e. The Labute approximate surface area is 171 Å². The number of rotatable bonds is 10. The Balaban J connectivity index is 0.00000529. The summed E-state index contributed by atoms with van der Waals surface area (Å²) in [6, 6.07) is 1.50. The van der Waals surface area contributed by atoms with Crippen molar-refractivity contribution < 1.29 is 28.5 Å². The molecule has 0 N–H and O–H groups in total. The summed E-state index contributed by atoms with van der Waals surface area (Å²) in [7, 11) is -0.830. The van der Waals surface area contributed by atoms with Gasteiger partial charge in [0.15, 0.2) is 0 Å². The summed E-state index contributed by atoms with van der Waals surface area (Å²) in [5, 5.41) is 0. The SMILES string of the molecule is CCCCCC#CC[N+]1(CCCCC[Si](C)(C)C)CCCCC1.[I-]. The number of unbranched alkanes of at least 4 members (excludes halogenated alkanes) is 5. The van der Waals surface area contributed by atoms with Crippen molar-refractivity contribution in [3.8, 4) is 11.8 Å². The fourth-order valence-electron chi connectivity index (χ4n) is 3.70. The van der Waals surface area contributed by atoms with Crippen LogP contribution in [0.15, 0.2) is 0 Å². The molecule has 24 heavy (non-hydrogen) atoms. The van der Waals surface area contributed by atoms with Gasteiger partial charge in [-0.25, -0.2) is 0 Å². The van der Waals surface area contributed by atoms with E-state index in [-0.39, 0.29) is 24.0 Å². The van der Waals surface area contributed by atoms with Crippen molar-refractivity contribution in [2.75, 3.05) is 26.2 Å². The van der Waals surface area contributed by atoms with E-state index in [4.69, 9.17) is 0 Å². The van der Waals surface area contributed by atoms with Crippen LogP contribution in [-0.4, -0.2) is 38.7 Å². The van der Waals surface area contributed by atoms with Gasteiger partial charge in [0.25, 0.3) is 0 Å². The standard InChI is InChI=1S/C21H42NSi.HI/c1-5-6-7-8-9-12-17-22(18-13-10-14-19-22)20-15-11-16-21-23(2,3)4;/h5-8,10-11,13-21H2,1-4H3;1H/q+1;/p-1. The number of piperidine rings is 1. The maximum Gasteiger partial charge on any atom is 0.140 e. The molecule has 0 aromatic rings. The minimum atomic E-state index is -0.830. The van der Waals surface area contributed by atoms with Crippen molar-refractivity contribution in [1.82, 2.24) is 0 Å². The number of nitrogens with zero attached hydrogens (tertiary/aromatic N) is 1. The highest BCUT2D eigenvalue weighted by Crippen LogP contribution is 2.21. The van der Waals surface area contributed by atoms with Crippen LogP contribution in [0.4, 0.5) is 0 Å². The maximum atomic E-state index is 3.55. The first-order valence-corrected chi connectivity index (χ1v) is 14.0. The lowest BCUT2D eigenvalue weighted by atomic mass is 10.1. The molecule has 0 saturated carbocycles. The van der Waals surface area contributed by atoms with Gasteiger partial charge in [-0.1, -0.05) is 57.8 Å². The van der Waals surface area contributed by atoms with Crippen LogP contribution in [0.5, 0.6) is 0 Å². The molecule has 1 heterocycles. The molecule has 1 nitrogen and oxygen atoms in total. The Morgan fingerprint density at radius 1 is 0.833 bits per heavy atom. The molecule has 1 fully saturated rings. The van der Waals surface area contributed by atoms with Crippen molar-refractivity contribution in [2.45, 2.75) is 96.8 Å². The van der Waals surface area contributed by atoms with Gasteiger partial charge in [-0.2, -0.15) is 0 Å². The molecule has 0 aromatic heterocycles. The Bertz CT molecular complexity index is 358. The van der Waals surface area contributed by atoms with Gasteiger partial charge in [-0.05, 0) is 44.4 Å². The van der Waals surface area contributed by atoms with Crippen molar-refractivity contribution in [3.05, 3.63) is 0 Å². The highest BCUT2D eigenvalue weighted by molar-refractivity contribution is 6.76. The molecule has 1 aliphatic rings. The molecule has 0 amide bonds. The van der Waals surface area contributed by atoms with Crippen molar-refractivity contribution in [1.29, 1.82) is 0 Å². The summed E-state index contributed by atoms with van der Waals surface area (Å²) >= 11 is 0. The van der Waals surface area contributed by atoms with E-state index in [1.54, 1.807) is 0 Å². The monoisotopic (exact) mass is 463 g/mol. The average molecular weight is 464 g/mol. The zero-order valence-electron chi connectivity index (χ0n) is 16.9. The zero-order valence-corrected chi connectivity index (χ0v) is 20.1. The molecule has 1 aliphatic heterocycles. The van der Waals surface area contributed by atoms with Crippen molar-refractivity contribution in [2.24, 2.45) is 0 Å². The van der Waals surface area contributed by atoms with Crippen LogP contribution in [0.3, 0.4) is 0 Å². The van der Waals surface area contributed by atoms with E-state index in [9.17, 15) is 0 Å². The number of likely N-dealkylation sites (tertiary alicyclic amines) is 1. The molecular weight excluding hydrogens is 421 g/mol. The van der Waals surface area contributed by atoms with Gasteiger partial charge in [0.05, 0.1) is 19.6 Å². The van der Waals surface area contributed by atoms with Crippen LogP contribution in [0, 0.1) is 11.8 Å². The Morgan fingerprint density at radius 3 is 2.17 bits per heavy atom. The molecule has 142 valence electrons. The first-order valence-electron chi connectivity index (χ1n) is 10.3. The molecule has 0 unspecified atom stereocenters. The van der Waals surface area contributed by atoms with Gasteiger partial charge < -0.3 is 28.5 Å². The third-order valence-electron chi connectivity index (χ3n) is 5.27. The quantitative estimate of drug-likeness (QED) is 0.154. The van der Waals surface area contributed by atoms with Crippen LogP contribution in [0.1, 0.15) is 71.1 Å². The van der Waals surface area contributed by atoms with E-state index in [0.29, 0.717) is 0 Å².